The molecule has 2 saturated heterocycles. The van der Waals surface area contributed by atoms with Crippen LogP contribution in [0.2, 0.25) is 0 Å². The lowest BCUT2D eigenvalue weighted by atomic mass is 9.75. The first-order valence-electron chi connectivity index (χ1n) is 8.79. The molecular weight excluding hydrogens is 278 g/mol. The number of hydrogen-bond acceptors (Lipinski definition) is 3. The Morgan fingerprint density at radius 1 is 1.14 bits per heavy atom. The standard InChI is InChI=1S/C17H33N3O2/c1-17(2,3)15-5-9-20(10-6-15)16(21)18-7-4-8-19-11-13-22-14-12-19/h15H,4-14H2,1-3H3,(H,18,21). The van der Waals surface area contributed by atoms with Crippen LogP contribution >= 0.6 is 0 Å². The lowest BCUT2D eigenvalue weighted by Gasteiger charge is -2.38. The summed E-state index contributed by atoms with van der Waals surface area (Å²) in [6.45, 7) is 14.3. The second-order valence-electron chi connectivity index (χ2n) is 7.67. The molecule has 0 aromatic carbocycles. The minimum absolute atomic E-state index is 0.120. The fourth-order valence-corrected chi connectivity index (χ4v) is 3.38. The largest absolute Gasteiger partial charge is 0.379 e. The first kappa shape index (κ1) is 17.5. The zero-order chi connectivity index (χ0) is 16.0. The Balaban J connectivity index is 1.58. The fourth-order valence-electron chi connectivity index (χ4n) is 3.38. The van der Waals surface area contributed by atoms with Crippen molar-refractivity contribution >= 4 is 6.03 Å². The minimum Gasteiger partial charge on any atom is -0.379 e. The van der Waals surface area contributed by atoms with E-state index in [0.717, 1.165) is 77.7 Å². The summed E-state index contributed by atoms with van der Waals surface area (Å²) in [5.41, 5.74) is 0.362. The average molecular weight is 311 g/mol. The summed E-state index contributed by atoms with van der Waals surface area (Å²) >= 11 is 0. The number of carbonyl (C=O) groups excluding carboxylic acids is 1. The van der Waals surface area contributed by atoms with Crippen LogP contribution in [0, 0.1) is 11.3 Å². The lowest BCUT2D eigenvalue weighted by molar-refractivity contribution is 0.0374. The highest BCUT2D eigenvalue weighted by atomic mass is 16.5. The number of carbonyl (C=O) groups is 1. The van der Waals surface area contributed by atoms with Crippen LogP contribution in [0.1, 0.15) is 40.0 Å². The molecule has 2 fully saturated rings. The summed E-state index contributed by atoms with van der Waals surface area (Å²) < 4.78 is 5.34. The maximum Gasteiger partial charge on any atom is 0.317 e. The van der Waals surface area contributed by atoms with E-state index in [1.165, 1.54) is 0 Å². The van der Waals surface area contributed by atoms with Crippen molar-refractivity contribution in [1.29, 1.82) is 0 Å². The molecule has 0 saturated carbocycles. The van der Waals surface area contributed by atoms with E-state index in [2.05, 4.69) is 31.0 Å². The van der Waals surface area contributed by atoms with Gasteiger partial charge in [-0.3, -0.25) is 4.90 Å². The zero-order valence-electron chi connectivity index (χ0n) is 14.6. The summed E-state index contributed by atoms with van der Waals surface area (Å²) in [6.07, 6.45) is 3.28. The third kappa shape index (κ3) is 5.43. The number of likely N-dealkylation sites (tertiary alicyclic amines) is 1. The van der Waals surface area contributed by atoms with Gasteiger partial charge in [0.15, 0.2) is 0 Å². The predicted octanol–water partition coefficient (Wildman–Crippen LogP) is 2.18. The van der Waals surface area contributed by atoms with Crippen LogP contribution in [-0.4, -0.2) is 68.3 Å². The van der Waals surface area contributed by atoms with Gasteiger partial charge in [0.1, 0.15) is 0 Å². The Morgan fingerprint density at radius 3 is 2.36 bits per heavy atom. The maximum atomic E-state index is 12.2. The van der Waals surface area contributed by atoms with E-state index >= 15 is 0 Å². The molecule has 2 heterocycles. The van der Waals surface area contributed by atoms with Gasteiger partial charge in [-0.25, -0.2) is 4.79 Å². The van der Waals surface area contributed by atoms with Crippen molar-refractivity contribution in [3.8, 4) is 0 Å². The highest BCUT2D eigenvalue weighted by Gasteiger charge is 2.30. The van der Waals surface area contributed by atoms with Crippen LogP contribution in [0.3, 0.4) is 0 Å². The third-order valence-corrected chi connectivity index (χ3v) is 5.04. The quantitative estimate of drug-likeness (QED) is 0.809. The molecule has 1 N–H and O–H groups in total. The highest BCUT2D eigenvalue weighted by Crippen LogP contribution is 2.34. The van der Waals surface area contributed by atoms with Gasteiger partial charge in [0.05, 0.1) is 13.2 Å². The average Bonchev–Trinajstić information content (AvgIpc) is 2.52. The molecule has 0 bridgehead atoms. The monoisotopic (exact) mass is 311 g/mol. The van der Waals surface area contributed by atoms with Crippen LogP contribution in [0.5, 0.6) is 0 Å². The molecule has 2 aliphatic rings. The van der Waals surface area contributed by atoms with E-state index in [4.69, 9.17) is 4.74 Å². The Hall–Kier alpha value is -0.810. The van der Waals surface area contributed by atoms with Gasteiger partial charge in [0.2, 0.25) is 0 Å². The van der Waals surface area contributed by atoms with Crippen molar-refractivity contribution in [3.05, 3.63) is 0 Å². The van der Waals surface area contributed by atoms with E-state index in [1.54, 1.807) is 0 Å². The number of urea groups is 1. The molecule has 2 aliphatic heterocycles. The number of piperidine rings is 1. The molecule has 0 radical (unpaired) electrons. The molecule has 0 aliphatic carbocycles. The number of nitrogens with zero attached hydrogens (tertiary/aromatic N) is 2. The molecule has 2 amide bonds. The topological polar surface area (TPSA) is 44.8 Å². The maximum absolute atomic E-state index is 12.2. The Labute approximate surface area is 135 Å². The molecular formula is C17H33N3O2. The molecule has 0 aromatic rings. The van der Waals surface area contributed by atoms with Gasteiger partial charge in [-0.05, 0) is 37.1 Å². The van der Waals surface area contributed by atoms with E-state index in [1.807, 2.05) is 4.90 Å². The summed E-state index contributed by atoms with van der Waals surface area (Å²) in [5.74, 6) is 0.734. The van der Waals surface area contributed by atoms with Crippen molar-refractivity contribution in [2.75, 3.05) is 52.5 Å². The summed E-state index contributed by atoms with van der Waals surface area (Å²) in [7, 11) is 0. The molecule has 0 atom stereocenters. The van der Waals surface area contributed by atoms with Gasteiger partial charge in [-0.2, -0.15) is 0 Å². The normalized spacial score (nSPS) is 21.9. The van der Waals surface area contributed by atoms with Gasteiger partial charge in [-0.15, -0.1) is 0 Å². The van der Waals surface area contributed by atoms with E-state index < -0.39 is 0 Å². The van der Waals surface area contributed by atoms with E-state index in [0.29, 0.717) is 5.41 Å². The van der Waals surface area contributed by atoms with Crippen molar-refractivity contribution in [2.24, 2.45) is 11.3 Å². The molecule has 128 valence electrons. The minimum atomic E-state index is 0.120. The Kier molecular flexibility index (Phi) is 6.50. The van der Waals surface area contributed by atoms with E-state index in [9.17, 15) is 4.79 Å². The predicted molar refractivity (Wildman–Crippen MR) is 89.0 cm³/mol. The number of nitrogens with one attached hydrogen (secondary N) is 1. The molecule has 2 rings (SSSR count). The molecule has 5 heteroatoms. The molecule has 5 nitrogen and oxygen atoms in total. The van der Waals surface area contributed by atoms with Crippen molar-refractivity contribution in [2.45, 2.75) is 40.0 Å². The van der Waals surface area contributed by atoms with Gasteiger partial charge in [0, 0.05) is 32.7 Å². The van der Waals surface area contributed by atoms with Gasteiger partial charge < -0.3 is 15.0 Å². The van der Waals surface area contributed by atoms with Gasteiger partial charge >= 0.3 is 6.03 Å². The van der Waals surface area contributed by atoms with Crippen molar-refractivity contribution in [1.82, 2.24) is 15.1 Å². The van der Waals surface area contributed by atoms with Crippen molar-refractivity contribution in [3.63, 3.8) is 0 Å². The van der Waals surface area contributed by atoms with Crippen LogP contribution in [0.25, 0.3) is 0 Å². The zero-order valence-corrected chi connectivity index (χ0v) is 14.6. The fraction of sp³-hybridized carbons (Fsp3) is 0.941. The first-order chi connectivity index (χ1) is 10.5. The smallest absolute Gasteiger partial charge is 0.317 e. The number of rotatable bonds is 4. The molecule has 0 aromatic heterocycles. The first-order valence-corrected chi connectivity index (χ1v) is 8.79. The van der Waals surface area contributed by atoms with Crippen LogP contribution in [0.4, 0.5) is 4.79 Å². The van der Waals surface area contributed by atoms with E-state index in [-0.39, 0.29) is 6.03 Å². The van der Waals surface area contributed by atoms with Crippen molar-refractivity contribution < 1.29 is 9.53 Å². The highest BCUT2D eigenvalue weighted by molar-refractivity contribution is 5.74. The number of morpholine rings is 1. The third-order valence-electron chi connectivity index (χ3n) is 5.04. The lowest BCUT2D eigenvalue weighted by Crippen LogP contribution is -2.46. The molecule has 22 heavy (non-hydrogen) atoms. The molecule has 0 unspecified atom stereocenters. The van der Waals surface area contributed by atoms with Gasteiger partial charge in [-0.1, -0.05) is 20.8 Å². The summed E-state index contributed by atoms with van der Waals surface area (Å²) in [6, 6.07) is 0.120. The van der Waals surface area contributed by atoms with Crippen LogP contribution in [-0.2, 0) is 4.74 Å². The number of hydrogen-bond donors (Lipinski definition) is 1. The Morgan fingerprint density at radius 2 is 1.77 bits per heavy atom. The SMILES string of the molecule is CC(C)(C)C1CCN(C(=O)NCCCN2CCOCC2)CC1. The number of amides is 2. The Bertz CT molecular complexity index is 340. The number of ether oxygens (including phenoxy) is 1. The summed E-state index contributed by atoms with van der Waals surface area (Å²) in [4.78, 5) is 16.6. The second-order valence-corrected chi connectivity index (χ2v) is 7.67. The summed E-state index contributed by atoms with van der Waals surface area (Å²) in [5, 5.41) is 3.07. The van der Waals surface area contributed by atoms with Crippen LogP contribution in [0.15, 0.2) is 0 Å². The second kappa shape index (κ2) is 8.16. The van der Waals surface area contributed by atoms with Crippen LogP contribution < -0.4 is 5.32 Å². The molecule has 0 spiro atoms. The van der Waals surface area contributed by atoms with Gasteiger partial charge in [0.25, 0.3) is 0 Å².